The zero-order chi connectivity index (χ0) is 19.4. The maximum absolute atomic E-state index is 13.3. The summed E-state index contributed by atoms with van der Waals surface area (Å²) < 4.78 is 18.5. The zero-order valence-corrected chi connectivity index (χ0v) is 15.7. The lowest BCUT2D eigenvalue weighted by molar-refractivity contribution is -0.908. The molecule has 7 heteroatoms. The van der Waals surface area contributed by atoms with E-state index in [4.69, 9.17) is 4.42 Å². The SMILES string of the molecule is C[C@@H](C(=O)N1CCN(C(=O)c2ccco2)CC1)[NH+](C)Cc1cccc(F)c1. The molecule has 144 valence electrons. The van der Waals surface area contributed by atoms with Gasteiger partial charge in [0.15, 0.2) is 11.8 Å². The Labute approximate surface area is 158 Å². The van der Waals surface area contributed by atoms with Gasteiger partial charge in [0.25, 0.3) is 11.8 Å². The lowest BCUT2D eigenvalue weighted by atomic mass is 10.1. The minimum Gasteiger partial charge on any atom is -0.459 e. The molecule has 0 aliphatic carbocycles. The molecule has 2 atom stereocenters. The summed E-state index contributed by atoms with van der Waals surface area (Å²) >= 11 is 0. The Balaban J connectivity index is 1.53. The van der Waals surface area contributed by atoms with Crippen molar-refractivity contribution in [3.63, 3.8) is 0 Å². The lowest BCUT2D eigenvalue weighted by Crippen LogP contribution is -3.12. The molecule has 6 nitrogen and oxygen atoms in total. The van der Waals surface area contributed by atoms with Crippen LogP contribution in [-0.4, -0.2) is 60.9 Å². The van der Waals surface area contributed by atoms with Crippen LogP contribution in [-0.2, 0) is 11.3 Å². The molecule has 3 rings (SSSR count). The number of hydrogen-bond donors (Lipinski definition) is 1. The molecule has 0 radical (unpaired) electrons. The summed E-state index contributed by atoms with van der Waals surface area (Å²) in [4.78, 5) is 29.6. The third kappa shape index (κ3) is 4.54. The summed E-state index contributed by atoms with van der Waals surface area (Å²) in [5.41, 5.74) is 0.862. The van der Waals surface area contributed by atoms with Crippen LogP contribution in [0.15, 0.2) is 47.1 Å². The molecule has 1 fully saturated rings. The first-order valence-electron chi connectivity index (χ1n) is 9.14. The topological polar surface area (TPSA) is 58.2 Å². The van der Waals surface area contributed by atoms with Crippen LogP contribution in [0.4, 0.5) is 4.39 Å². The maximum Gasteiger partial charge on any atom is 0.289 e. The van der Waals surface area contributed by atoms with Crippen molar-refractivity contribution in [3.8, 4) is 0 Å². The number of rotatable bonds is 5. The number of halogens is 1. The van der Waals surface area contributed by atoms with Crippen molar-refractivity contribution in [3.05, 3.63) is 59.8 Å². The Hall–Kier alpha value is -2.67. The number of amides is 2. The third-order valence-electron chi connectivity index (χ3n) is 5.09. The van der Waals surface area contributed by atoms with E-state index in [0.717, 1.165) is 10.5 Å². The Kier molecular flexibility index (Phi) is 5.91. The van der Waals surface area contributed by atoms with Gasteiger partial charge in [-0.1, -0.05) is 12.1 Å². The summed E-state index contributed by atoms with van der Waals surface area (Å²) in [6.07, 6.45) is 1.48. The first-order chi connectivity index (χ1) is 13.0. The number of piperazine rings is 1. The van der Waals surface area contributed by atoms with Crippen molar-refractivity contribution in [2.45, 2.75) is 19.5 Å². The monoisotopic (exact) mass is 374 g/mol. The molecule has 1 aliphatic heterocycles. The van der Waals surface area contributed by atoms with Gasteiger partial charge in [-0.15, -0.1) is 0 Å². The summed E-state index contributed by atoms with van der Waals surface area (Å²) in [6, 6.07) is 9.54. The molecule has 0 bridgehead atoms. The first-order valence-corrected chi connectivity index (χ1v) is 9.14. The molecule has 2 amide bonds. The van der Waals surface area contributed by atoms with Crippen LogP contribution in [0, 0.1) is 5.82 Å². The number of carbonyl (C=O) groups is 2. The number of hydrogen-bond acceptors (Lipinski definition) is 3. The second-order valence-electron chi connectivity index (χ2n) is 6.97. The third-order valence-corrected chi connectivity index (χ3v) is 5.09. The van der Waals surface area contributed by atoms with E-state index in [-0.39, 0.29) is 23.7 Å². The van der Waals surface area contributed by atoms with E-state index in [9.17, 15) is 14.0 Å². The van der Waals surface area contributed by atoms with Gasteiger partial charge in [-0.25, -0.2) is 4.39 Å². The van der Waals surface area contributed by atoms with Gasteiger partial charge in [0, 0.05) is 31.7 Å². The lowest BCUT2D eigenvalue weighted by Gasteiger charge is -2.36. The Morgan fingerprint density at radius 2 is 1.85 bits per heavy atom. The Morgan fingerprint density at radius 3 is 2.48 bits per heavy atom. The quantitative estimate of drug-likeness (QED) is 0.843. The fourth-order valence-corrected chi connectivity index (χ4v) is 3.29. The van der Waals surface area contributed by atoms with Crippen LogP contribution < -0.4 is 4.90 Å². The Morgan fingerprint density at radius 1 is 1.15 bits per heavy atom. The summed E-state index contributed by atoms with van der Waals surface area (Å²) in [7, 11) is 1.93. The van der Waals surface area contributed by atoms with Gasteiger partial charge < -0.3 is 19.1 Å². The van der Waals surface area contributed by atoms with Gasteiger partial charge in [-0.05, 0) is 31.2 Å². The largest absolute Gasteiger partial charge is 0.459 e. The fourth-order valence-electron chi connectivity index (χ4n) is 3.29. The van der Waals surface area contributed by atoms with E-state index in [0.29, 0.717) is 38.5 Å². The highest BCUT2D eigenvalue weighted by molar-refractivity contribution is 5.91. The molecule has 1 aliphatic rings. The number of furan rings is 1. The number of nitrogens with zero attached hydrogens (tertiary/aromatic N) is 2. The van der Waals surface area contributed by atoms with E-state index in [1.807, 2.05) is 20.0 Å². The van der Waals surface area contributed by atoms with E-state index in [1.165, 1.54) is 18.4 Å². The summed E-state index contributed by atoms with van der Waals surface area (Å²) in [5.74, 6) is -0.0398. The first kappa shape index (κ1) is 19.1. The van der Waals surface area contributed by atoms with Crippen molar-refractivity contribution in [2.24, 2.45) is 0 Å². The van der Waals surface area contributed by atoms with E-state index in [1.54, 1.807) is 28.0 Å². The predicted molar refractivity (Wildman–Crippen MR) is 97.6 cm³/mol. The van der Waals surface area contributed by atoms with Crippen molar-refractivity contribution in [1.82, 2.24) is 9.80 Å². The van der Waals surface area contributed by atoms with Crippen LogP contribution in [0.1, 0.15) is 23.0 Å². The molecule has 0 spiro atoms. The van der Waals surface area contributed by atoms with Crippen molar-refractivity contribution >= 4 is 11.8 Å². The number of carbonyl (C=O) groups excluding carboxylic acids is 2. The van der Waals surface area contributed by atoms with Crippen LogP contribution in [0.2, 0.25) is 0 Å². The molecule has 27 heavy (non-hydrogen) atoms. The summed E-state index contributed by atoms with van der Waals surface area (Å²) in [6.45, 7) is 4.44. The average molecular weight is 374 g/mol. The highest BCUT2D eigenvalue weighted by Crippen LogP contribution is 2.10. The molecule has 2 heterocycles. The molecule has 1 N–H and O–H groups in total. The minimum absolute atomic E-state index is 0.0500. The fraction of sp³-hybridized carbons (Fsp3) is 0.400. The highest BCUT2D eigenvalue weighted by Gasteiger charge is 2.31. The maximum atomic E-state index is 13.3. The van der Waals surface area contributed by atoms with E-state index in [2.05, 4.69) is 0 Å². The van der Waals surface area contributed by atoms with Gasteiger partial charge in [0.2, 0.25) is 0 Å². The molecule has 1 aromatic carbocycles. The predicted octanol–water partition coefficient (Wildman–Crippen LogP) is 0.807. The van der Waals surface area contributed by atoms with Crippen LogP contribution in [0.5, 0.6) is 0 Å². The van der Waals surface area contributed by atoms with Gasteiger partial charge in [-0.2, -0.15) is 0 Å². The second-order valence-corrected chi connectivity index (χ2v) is 6.97. The van der Waals surface area contributed by atoms with E-state index >= 15 is 0 Å². The van der Waals surface area contributed by atoms with Crippen molar-refractivity contribution in [1.29, 1.82) is 0 Å². The molecular formula is C20H25FN3O3+. The van der Waals surface area contributed by atoms with Gasteiger partial charge in [-0.3, -0.25) is 9.59 Å². The van der Waals surface area contributed by atoms with Crippen molar-refractivity contribution in [2.75, 3.05) is 33.2 Å². The number of quaternary nitrogens is 1. The molecule has 1 aromatic heterocycles. The molecule has 0 saturated carbocycles. The zero-order valence-electron chi connectivity index (χ0n) is 15.7. The van der Waals surface area contributed by atoms with Gasteiger partial charge in [0.05, 0.1) is 13.3 Å². The summed E-state index contributed by atoms with van der Waals surface area (Å²) in [5, 5.41) is 0. The number of likely N-dealkylation sites (N-methyl/N-ethyl adjacent to an activating group) is 1. The molecular weight excluding hydrogens is 349 g/mol. The molecule has 1 unspecified atom stereocenters. The smallest absolute Gasteiger partial charge is 0.289 e. The second kappa shape index (κ2) is 8.35. The highest BCUT2D eigenvalue weighted by atomic mass is 19.1. The molecule has 2 aromatic rings. The number of nitrogens with one attached hydrogen (secondary N) is 1. The van der Waals surface area contributed by atoms with Crippen LogP contribution in [0.25, 0.3) is 0 Å². The van der Waals surface area contributed by atoms with Gasteiger partial charge >= 0.3 is 0 Å². The number of benzene rings is 1. The Bertz CT molecular complexity index is 786. The minimum atomic E-state index is -0.267. The van der Waals surface area contributed by atoms with Crippen LogP contribution >= 0.6 is 0 Å². The van der Waals surface area contributed by atoms with Crippen molar-refractivity contribution < 1.29 is 23.3 Å². The van der Waals surface area contributed by atoms with E-state index < -0.39 is 0 Å². The normalized spacial score (nSPS) is 16.9. The van der Waals surface area contributed by atoms with Gasteiger partial charge in [0.1, 0.15) is 12.4 Å². The van der Waals surface area contributed by atoms with Crippen LogP contribution in [0.3, 0.4) is 0 Å². The molecule has 1 saturated heterocycles. The average Bonchev–Trinajstić information content (AvgIpc) is 3.21. The standard InChI is InChI=1S/C20H24FN3O3/c1-15(22(2)14-16-5-3-6-17(21)13-16)19(25)23-8-10-24(11-9-23)20(26)18-7-4-12-27-18/h3-7,12-13,15H,8-11,14H2,1-2H3/p+1/t15-/m0/s1.